The van der Waals surface area contributed by atoms with E-state index in [4.69, 9.17) is 0 Å². The van der Waals surface area contributed by atoms with E-state index in [1.165, 1.54) is 195 Å². The number of hydrogen-bond donors (Lipinski definition) is 0. The smallest absolute Gasteiger partial charge is 0.0711 e. The van der Waals surface area contributed by atoms with Gasteiger partial charge in [-0.05, 0) is 86.6 Å². The molecule has 3 atom stereocenters. The zero-order valence-corrected chi connectivity index (χ0v) is 33.0. The van der Waals surface area contributed by atoms with Crippen molar-refractivity contribution < 1.29 is 0 Å². The molecule has 248 valence electrons. The topological polar surface area (TPSA) is 0 Å². The molecular formula is C40H62Br2S2. The van der Waals surface area contributed by atoms with Gasteiger partial charge in [0.2, 0.25) is 0 Å². The minimum atomic E-state index is 0.733. The molecule has 2 aromatic rings. The highest BCUT2D eigenvalue weighted by molar-refractivity contribution is 9.11. The lowest BCUT2D eigenvalue weighted by molar-refractivity contribution is 0.198. The third kappa shape index (κ3) is 12.3. The van der Waals surface area contributed by atoms with Crippen molar-refractivity contribution in [2.24, 2.45) is 17.8 Å². The highest BCUT2D eigenvalue weighted by Gasteiger charge is 2.32. The standard InChI is InChI=1S/C40H62Br2S2/c1-3-5-7-9-11-13-15-17-19-21-23-31-25-32(24-22-20-18-16-14-12-10-8-6-4-2)27-33(26-31)28-34-35-29-37(41)43-39(35)40-36(34)30-38(42)44-40/h28-33H,3-27H2,1-2H3/t31-,32?,33?/m1/s1. The van der Waals surface area contributed by atoms with Crippen LogP contribution in [0.3, 0.4) is 0 Å². The van der Waals surface area contributed by atoms with Crippen LogP contribution in [-0.4, -0.2) is 0 Å². The summed E-state index contributed by atoms with van der Waals surface area (Å²) in [7, 11) is 0. The van der Waals surface area contributed by atoms with Crippen LogP contribution in [-0.2, 0) is 0 Å². The summed E-state index contributed by atoms with van der Waals surface area (Å²) in [6.45, 7) is 4.63. The van der Waals surface area contributed by atoms with Crippen molar-refractivity contribution >= 4 is 60.1 Å². The third-order valence-electron chi connectivity index (χ3n) is 10.5. The van der Waals surface area contributed by atoms with Crippen LogP contribution in [0.2, 0.25) is 0 Å². The van der Waals surface area contributed by atoms with Crippen molar-refractivity contribution in [1.82, 2.24) is 0 Å². The van der Waals surface area contributed by atoms with Gasteiger partial charge in [0, 0.05) is 11.1 Å². The van der Waals surface area contributed by atoms with Crippen LogP contribution in [0.25, 0.3) is 15.3 Å². The fourth-order valence-electron chi connectivity index (χ4n) is 8.08. The Bertz CT molecular complexity index is 1010. The summed E-state index contributed by atoms with van der Waals surface area (Å²) in [5.74, 6) is 2.59. The Balaban J connectivity index is 1.27. The molecule has 2 aliphatic carbocycles. The predicted molar refractivity (Wildman–Crippen MR) is 207 cm³/mol. The average molecular weight is 767 g/mol. The van der Waals surface area contributed by atoms with Crippen molar-refractivity contribution in [2.45, 2.75) is 174 Å². The third-order valence-corrected chi connectivity index (χ3v) is 13.9. The summed E-state index contributed by atoms with van der Waals surface area (Å²) < 4.78 is 2.54. The Morgan fingerprint density at radius 1 is 0.545 bits per heavy atom. The molecule has 0 bridgehead atoms. The molecule has 1 fully saturated rings. The van der Waals surface area contributed by atoms with Gasteiger partial charge in [0.15, 0.2) is 0 Å². The van der Waals surface area contributed by atoms with Crippen LogP contribution in [0.5, 0.6) is 0 Å². The molecule has 1 saturated carbocycles. The maximum atomic E-state index is 3.80. The maximum Gasteiger partial charge on any atom is 0.0711 e. The van der Waals surface area contributed by atoms with Gasteiger partial charge in [0.25, 0.3) is 0 Å². The van der Waals surface area contributed by atoms with Gasteiger partial charge in [-0.15, -0.1) is 22.7 Å². The molecule has 0 spiro atoms. The van der Waals surface area contributed by atoms with E-state index in [0.717, 1.165) is 17.8 Å². The van der Waals surface area contributed by atoms with Gasteiger partial charge in [-0.3, -0.25) is 0 Å². The second-order valence-electron chi connectivity index (χ2n) is 14.3. The Kier molecular flexibility index (Phi) is 17.7. The normalized spacial score (nSPS) is 19.5. The Hall–Kier alpha value is 0.1000. The average Bonchev–Trinajstić information content (AvgIpc) is 3.65. The minimum Gasteiger partial charge on any atom is -0.127 e. The van der Waals surface area contributed by atoms with Crippen molar-refractivity contribution in [3.05, 3.63) is 36.9 Å². The van der Waals surface area contributed by atoms with Crippen LogP contribution in [0, 0.1) is 17.8 Å². The molecule has 0 radical (unpaired) electrons. The molecule has 0 saturated heterocycles. The summed E-state index contributed by atoms with van der Waals surface area (Å²) >= 11 is 11.4. The molecule has 2 aliphatic rings. The van der Waals surface area contributed by atoms with E-state index < -0.39 is 0 Å². The van der Waals surface area contributed by atoms with Crippen LogP contribution in [0.1, 0.15) is 185 Å². The zero-order valence-electron chi connectivity index (χ0n) is 28.2. The number of unbranched alkanes of at least 4 members (excludes halogenated alkanes) is 18. The van der Waals surface area contributed by atoms with Crippen molar-refractivity contribution in [2.75, 3.05) is 0 Å². The summed E-state index contributed by atoms with van der Waals surface area (Å²) in [5, 5.41) is 0. The molecule has 4 rings (SSSR count). The zero-order chi connectivity index (χ0) is 31.0. The fraction of sp³-hybridized carbons (Fsp3) is 0.750. The number of thiophene rings is 2. The Morgan fingerprint density at radius 2 is 0.909 bits per heavy atom. The molecule has 44 heavy (non-hydrogen) atoms. The molecule has 0 aromatic carbocycles. The lowest BCUT2D eigenvalue weighted by Crippen LogP contribution is -2.22. The molecule has 0 aliphatic heterocycles. The first-order chi connectivity index (χ1) is 21.6. The van der Waals surface area contributed by atoms with E-state index in [1.807, 2.05) is 22.7 Å². The van der Waals surface area contributed by atoms with Gasteiger partial charge >= 0.3 is 0 Å². The van der Waals surface area contributed by atoms with Gasteiger partial charge in [-0.2, -0.15) is 0 Å². The van der Waals surface area contributed by atoms with Gasteiger partial charge < -0.3 is 0 Å². The maximum absolute atomic E-state index is 3.80. The first-order valence-corrected chi connectivity index (χ1v) is 22.1. The quantitative estimate of drug-likeness (QED) is 0.0843. The fourth-order valence-corrected chi connectivity index (χ4v) is 11.5. The molecule has 2 unspecified atom stereocenters. The van der Waals surface area contributed by atoms with E-state index in [2.05, 4.69) is 63.9 Å². The SMILES string of the molecule is CCCCCCCCCCCCC1CC(C=C2c3cc(Br)sc3-c3sc(Br)cc32)C[C@H](CCCCCCCCCCCC)C1. The lowest BCUT2D eigenvalue weighted by Gasteiger charge is -2.34. The minimum absolute atomic E-state index is 0.733. The highest BCUT2D eigenvalue weighted by atomic mass is 79.9. The van der Waals surface area contributed by atoms with Gasteiger partial charge in [-0.25, -0.2) is 0 Å². The predicted octanol–water partition coefficient (Wildman–Crippen LogP) is 16.4. The van der Waals surface area contributed by atoms with Crippen molar-refractivity contribution in [1.29, 1.82) is 0 Å². The molecule has 0 nitrogen and oxygen atoms in total. The van der Waals surface area contributed by atoms with E-state index >= 15 is 0 Å². The summed E-state index contributed by atoms with van der Waals surface area (Å²) in [6, 6.07) is 4.77. The molecular weight excluding hydrogens is 704 g/mol. The number of halogens is 2. The van der Waals surface area contributed by atoms with Gasteiger partial charge in [-0.1, -0.05) is 161 Å². The summed E-state index contributed by atoms with van der Waals surface area (Å²) in [4.78, 5) is 2.96. The number of allylic oxidation sites excluding steroid dienone is 1. The monoisotopic (exact) mass is 764 g/mol. The lowest BCUT2D eigenvalue weighted by atomic mass is 9.71. The second-order valence-corrected chi connectivity index (χ2v) is 19.2. The van der Waals surface area contributed by atoms with Gasteiger partial charge in [0.1, 0.15) is 0 Å². The highest BCUT2D eigenvalue weighted by Crippen LogP contribution is 2.55. The molecule has 2 heterocycles. The number of rotatable bonds is 23. The molecule has 0 N–H and O–H groups in total. The first-order valence-electron chi connectivity index (χ1n) is 18.9. The number of hydrogen-bond acceptors (Lipinski definition) is 2. The summed E-state index contributed by atoms with van der Waals surface area (Å²) in [5.41, 5.74) is 4.50. The van der Waals surface area contributed by atoms with E-state index in [1.54, 1.807) is 0 Å². The first kappa shape index (κ1) is 36.9. The van der Waals surface area contributed by atoms with Crippen LogP contribution >= 0.6 is 54.5 Å². The summed E-state index contributed by atoms with van der Waals surface area (Å²) in [6.07, 6.45) is 38.9. The Labute approximate surface area is 296 Å². The van der Waals surface area contributed by atoms with Crippen molar-refractivity contribution in [3.63, 3.8) is 0 Å². The molecule has 0 amide bonds. The van der Waals surface area contributed by atoms with Crippen molar-refractivity contribution in [3.8, 4) is 9.75 Å². The largest absolute Gasteiger partial charge is 0.127 e. The van der Waals surface area contributed by atoms with E-state index in [9.17, 15) is 0 Å². The molecule has 4 heteroatoms. The van der Waals surface area contributed by atoms with E-state index in [0.29, 0.717) is 0 Å². The van der Waals surface area contributed by atoms with Crippen LogP contribution < -0.4 is 0 Å². The van der Waals surface area contributed by atoms with Gasteiger partial charge in [0.05, 0.1) is 17.3 Å². The van der Waals surface area contributed by atoms with E-state index in [-0.39, 0.29) is 0 Å². The second kappa shape index (κ2) is 21.1. The Morgan fingerprint density at radius 3 is 1.30 bits per heavy atom. The van der Waals surface area contributed by atoms with Crippen LogP contribution in [0.15, 0.2) is 25.8 Å². The molecule has 2 aromatic heterocycles. The van der Waals surface area contributed by atoms with Crippen LogP contribution in [0.4, 0.5) is 0 Å². The number of fused-ring (bicyclic) bond motifs is 3.